The van der Waals surface area contributed by atoms with E-state index >= 15 is 0 Å². The number of aromatic nitrogens is 1. The number of carbonyl (C=O) groups excluding carboxylic acids is 1. The lowest BCUT2D eigenvalue weighted by Crippen LogP contribution is -2.36. The van der Waals surface area contributed by atoms with Gasteiger partial charge < -0.3 is 14.8 Å². The third kappa shape index (κ3) is 3.73. The molecule has 0 radical (unpaired) electrons. The minimum Gasteiger partial charge on any atom is -0.336 e. The van der Waals surface area contributed by atoms with Crippen molar-refractivity contribution in [3.8, 4) is 0 Å². The number of alkyl halides is 3. The second kappa shape index (κ2) is 5.64. The molecule has 1 aliphatic rings. The fraction of sp³-hybridized carbons (Fsp3) is 0.583. The lowest BCUT2D eigenvalue weighted by molar-refractivity contribution is -0.140. The lowest BCUT2D eigenvalue weighted by Gasteiger charge is -2.21. The molecule has 0 spiro atoms. The van der Waals surface area contributed by atoms with Crippen LogP contribution >= 0.6 is 0 Å². The van der Waals surface area contributed by atoms with Crippen LogP contribution in [0.5, 0.6) is 0 Å². The maximum absolute atomic E-state index is 12.4. The Morgan fingerprint density at radius 3 is 2.84 bits per heavy atom. The molecule has 1 aromatic heterocycles. The Bertz CT molecular complexity index is 434. The van der Waals surface area contributed by atoms with Gasteiger partial charge >= 0.3 is 6.18 Å². The number of hydrogen-bond acceptors (Lipinski definition) is 2. The van der Waals surface area contributed by atoms with Gasteiger partial charge in [0.2, 0.25) is 0 Å². The van der Waals surface area contributed by atoms with Crippen molar-refractivity contribution in [1.82, 2.24) is 14.8 Å². The largest absolute Gasteiger partial charge is 0.406 e. The molecule has 7 heteroatoms. The van der Waals surface area contributed by atoms with Gasteiger partial charge in [-0.05, 0) is 25.1 Å². The molecule has 106 valence electrons. The van der Waals surface area contributed by atoms with Crippen LogP contribution in [0.3, 0.4) is 0 Å². The Morgan fingerprint density at radius 2 is 2.11 bits per heavy atom. The third-order valence-electron chi connectivity index (χ3n) is 3.03. The summed E-state index contributed by atoms with van der Waals surface area (Å²) >= 11 is 0. The summed E-state index contributed by atoms with van der Waals surface area (Å²) in [6.45, 7) is 1.46. The summed E-state index contributed by atoms with van der Waals surface area (Å²) in [6, 6.07) is 2.90. The topological polar surface area (TPSA) is 37.3 Å². The first-order valence-corrected chi connectivity index (χ1v) is 6.19. The van der Waals surface area contributed by atoms with E-state index in [2.05, 4.69) is 5.32 Å². The Labute approximate surface area is 109 Å². The van der Waals surface area contributed by atoms with E-state index in [0.717, 1.165) is 17.5 Å². The van der Waals surface area contributed by atoms with Crippen LogP contribution in [0.2, 0.25) is 0 Å². The van der Waals surface area contributed by atoms with Gasteiger partial charge in [0.1, 0.15) is 12.2 Å². The molecule has 2 heterocycles. The van der Waals surface area contributed by atoms with Crippen molar-refractivity contribution in [3.05, 3.63) is 24.0 Å². The van der Waals surface area contributed by atoms with Gasteiger partial charge in [0.25, 0.3) is 5.91 Å². The SMILES string of the molecule is O=C(c1cccn1CC(F)(F)F)N1CCCNCC1. The smallest absolute Gasteiger partial charge is 0.336 e. The highest BCUT2D eigenvalue weighted by molar-refractivity contribution is 5.92. The van der Waals surface area contributed by atoms with E-state index in [-0.39, 0.29) is 11.6 Å². The molecule has 0 bridgehead atoms. The summed E-state index contributed by atoms with van der Waals surface area (Å²) in [5.41, 5.74) is 0.0965. The van der Waals surface area contributed by atoms with Crippen LogP contribution < -0.4 is 5.32 Å². The van der Waals surface area contributed by atoms with Crippen molar-refractivity contribution in [2.24, 2.45) is 0 Å². The third-order valence-corrected chi connectivity index (χ3v) is 3.03. The van der Waals surface area contributed by atoms with Crippen molar-refractivity contribution in [1.29, 1.82) is 0 Å². The maximum Gasteiger partial charge on any atom is 0.406 e. The molecule has 1 amide bonds. The van der Waals surface area contributed by atoms with Crippen LogP contribution in [0, 0.1) is 0 Å². The first kappa shape index (κ1) is 13.9. The quantitative estimate of drug-likeness (QED) is 0.888. The molecule has 0 saturated carbocycles. The molecular weight excluding hydrogens is 259 g/mol. The highest BCUT2D eigenvalue weighted by atomic mass is 19.4. The molecule has 1 fully saturated rings. The number of hydrogen-bond donors (Lipinski definition) is 1. The van der Waals surface area contributed by atoms with Crippen molar-refractivity contribution in [2.45, 2.75) is 19.1 Å². The molecule has 1 saturated heterocycles. The zero-order chi connectivity index (χ0) is 13.9. The highest BCUT2D eigenvalue weighted by Crippen LogP contribution is 2.19. The van der Waals surface area contributed by atoms with E-state index in [9.17, 15) is 18.0 Å². The monoisotopic (exact) mass is 275 g/mol. The van der Waals surface area contributed by atoms with Gasteiger partial charge in [-0.25, -0.2) is 0 Å². The lowest BCUT2D eigenvalue weighted by atomic mass is 10.3. The number of nitrogens with zero attached hydrogens (tertiary/aromatic N) is 2. The molecule has 19 heavy (non-hydrogen) atoms. The molecule has 0 atom stereocenters. The molecule has 1 N–H and O–H groups in total. The number of amides is 1. The zero-order valence-corrected chi connectivity index (χ0v) is 10.4. The highest BCUT2D eigenvalue weighted by Gasteiger charge is 2.30. The van der Waals surface area contributed by atoms with Crippen LogP contribution in [0.1, 0.15) is 16.9 Å². The standard InChI is InChI=1S/C12H16F3N3O/c13-12(14,15)9-18-6-1-3-10(18)11(19)17-7-2-4-16-5-8-17/h1,3,6,16H,2,4-5,7-9H2. The summed E-state index contributed by atoms with van der Waals surface area (Å²) in [5.74, 6) is -0.335. The van der Waals surface area contributed by atoms with E-state index in [1.54, 1.807) is 4.90 Å². The summed E-state index contributed by atoms with van der Waals surface area (Å²) in [6.07, 6.45) is -2.23. The maximum atomic E-state index is 12.4. The molecule has 0 aromatic carbocycles. The minimum atomic E-state index is -4.33. The Morgan fingerprint density at radius 1 is 1.32 bits per heavy atom. The zero-order valence-electron chi connectivity index (χ0n) is 10.4. The van der Waals surface area contributed by atoms with Crippen LogP contribution in [0.4, 0.5) is 13.2 Å². The fourth-order valence-electron chi connectivity index (χ4n) is 2.15. The molecular formula is C12H16F3N3O. The van der Waals surface area contributed by atoms with Crippen LogP contribution in [0.25, 0.3) is 0 Å². The van der Waals surface area contributed by atoms with Gasteiger partial charge in [-0.2, -0.15) is 13.2 Å². The first-order chi connectivity index (χ1) is 8.97. The molecule has 1 aromatic rings. The van der Waals surface area contributed by atoms with E-state index in [4.69, 9.17) is 0 Å². The Kier molecular flexibility index (Phi) is 4.14. The number of carbonyl (C=O) groups is 1. The average molecular weight is 275 g/mol. The van der Waals surface area contributed by atoms with E-state index in [1.807, 2.05) is 0 Å². The fourth-order valence-corrected chi connectivity index (χ4v) is 2.15. The molecule has 4 nitrogen and oxygen atoms in total. The van der Waals surface area contributed by atoms with Crippen LogP contribution in [0.15, 0.2) is 18.3 Å². The van der Waals surface area contributed by atoms with Gasteiger partial charge in [0, 0.05) is 25.8 Å². The minimum absolute atomic E-state index is 0.0965. The van der Waals surface area contributed by atoms with Crippen LogP contribution in [-0.2, 0) is 6.54 Å². The molecule has 0 unspecified atom stereocenters. The Balaban J connectivity index is 2.12. The molecule has 1 aliphatic heterocycles. The second-order valence-corrected chi connectivity index (χ2v) is 4.53. The molecule has 0 aliphatic carbocycles. The predicted octanol–water partition coefficient (Wildman–Crippen LogP) is 1.49. The van der Waals surface area contributed by atoms with E-state index in [0.29, 0.717) is 19.6 Å². The summed E-state index contributed by atoms with van der Waals surface area (Å²) in [7, 11) is 0. The first-order valence-electron chi connectivity index (χ1n) is 6.19. The van der Waals surface area contributed by atoms with Gasteiger partial charge in [-0.15, -0.1) is 0 Å². The van der Waals surface area contributed by atoms with Crippen molar-refractivity contribution in [3.63, 3.8) is 0 Å². The molecule has 2 rings (SSSR count). The van der Waals surface area contributed by atoms with Gasteiger partial charge in [0.15, 0.2) is 0 Å². The van der Waals surface area contributed by atoms with E-state index < -0.39 is 12.7 Å². The Hall–Kier alpha value is -1.50. The van der Waals surface area contributed by atoms with Gasteiger partial charge in [-0.1, -0.05) is 0 Å². The normalized spacial score (nSPS) is 17.3. The van der Waals surface area contributed by atoms with Crippen molar-refractivity contribution in [2.75, 3.05) is 26.2 Å². The van der Waals surface area contributed by atoms with Crippen molar-refractivity contribution < 1.29 is 18.0 Å². The second-order valence-electron chi connectivity index (χ2n) is 4.53. The van der Waals surface area contributed by atoms with Crippen molar-refractivity contribution >= 4 is 5.91 Å². The average Bonchev–Trinajstić information content (AvgIpc) is 2.62. The van der Waals surface area contributed by atoms with Gasteiger partial charge in [0.05, 0.1) is 0 Å². The predicted molar refractivity (Wildman–Crippen MR) is 63.9 cm³/mol. The number of rotatable bonds is 2. The summed E-state index contributed by atoms with van der Waals surface area (Å²) in [5, 5.41) is 3.15. The van der Waals surface area contributed by atoms with E-state index in [1.165, 1.54) is 18.3 Å². The van der Waals surface area contributed by atoms with Gasteiger partial charge in [-0.3, -0.25) is 4.79 Å². The number of halogens is 3. The van der Waals surface area contributed by atoms with Crippen LogP contribution in [-0.4, -0.2) is 47.7 Å². The summed E-state index contributed by atoms with van der Waals surface area (Å²) in [4.78, 5) is 13.8. The summed E-state index contributed by atoms with van der Waals surface area (Å²) < 4.78 is 38.2. The number of nitrogens with one attached hydrogen (secondary N) is 1.